The van der Waals surface area contributed by atoms with Gasteiger partial charge in [-0.2, -0.15) is 0 Å². The van der Waals surface area contributed by atoms with Gasteiger partial charge in [0.2, 0.25) is 5.75 Å². The largest absolute Gasteiger partial charge is 0.285 e. The average molecular weight is 344 g/mol. The predicted molar refractivity (Wildman–Crippen MR) is 107 cm³/mol. The summed E-state index contributed by atoms with van der Waals surface area (Å²) in [5.74, 6) is 0.222. The first-order valence-electron chi connectivity index (χ1n) is 7.96. The quantitative estimate of drug-likeness (QED) is 0.147. The number of aromatic nitrogens is 1. The first-order chi connectivity index (χ1) is 12.3. The Kier molecular flexibility index (Phi) is 4.04. The standard InChI is InChI=1S/C21H13N.CHClO/c1-6-12-20-14(7-1)13-19-17-10-3-2-8-15(17)16-9-4-5-11-18(16)21(19)22-20;2-1-3/h1-13H;1H. The number of carbonyl (C=O) groups is 1. The zero-order chi connectivity index (χ0) is 17.2. The van der Waals surface area contributed by atoms with E-state index in [1.165, 1.54) is 32.3 Å². The number of hydrogen-bond acceptors (Lipinski definition) is 2. The molecular weight excluding hydrogens is 330 g/mol. The van der Waals surface area contributed by atoms with Crippen LogP contribution < -0.4 is 0 Å². The highest BCUT2D eigenvalue weighted by molar-refractivity contribution is 6.54. The van der Waals surface area contributed by atoms with Crippen LogP contribution in [-0.2, 0) is 4.79 Å². The van der Waals surface area contributed by atoms with Gasteiger partial charge in [0.05, 0.1) is 11.0 Å². The molecule has 5 rings (SSSR count). The molecule has 5 aromatic rings. The van der Waals surface area contributed by atoms with Gasteiger partial charge in [-0.1, -0.05) is 66.7 Å². The summed E-state index contributed by atoms with van der Waals surface area (Å²) in [7, 11) is 0. The van der Waals surface area contributed by atoms with Gasteiger partial charge in [0.15, 0.2) is 0 Å². The van der Waals surface area contributed by atoms with E-state index < -0.39 is 0 Å². The Balaban J connectivity index is 0.000000490. The highest BCUT2D eigenvalue weighted by atomic mass is 35.5. The number of para-hydroxylation sites is 1. The van der Waals surface area contributed by atoms with Crippen LogP contribution in [0.25, 0.3) is 43.4 Å². The van der Waals surface area contributed by atoms with Crippen molar-refractivity contribution in [3.63, 3.8) is 0 Å². The van der Waals surface area contributed by atoms with Crippen molar-refractivity contribution in [3.8, 4) is 0 Å². The van der Waals surface area contributed by atoms with Gasteiger partial charge in [0, 0.05) is 16.2 Å². The molecule has 0 N–H and O–H groups in total. The average Bonchev–Trinajstić information content (AvgIpc) is 2.68. The van der Waals surface area contributed by atoms with Crippen molar-refractivity contribution in [2.45, 2.75) is 0 Å². The molecule has 0 aliphatic carbocycles. The lowest BCUT2D eigenvalue weighted by atomic mass is 9.96. The molecule has 3 heteroatoms. The molecule has 0 unspecified atom stereocenters. The number of rotatable bonds is 0. The molecule has 1 aromatic heterocycles. The lowest BCUT2D eigenvalue weighted by Gasteiger charge is -2.10. The second-order valence-electron chi connectivity index (χ2n) is 5.76. The molecular formula is C22H14ClNO. The van der Waals surface area contributed by atoms with Gasteiger partial charge < -0.3 is 0 Å². The number of nitrogens with zero attached hydrogens (tertiary/aromatic N) is 1. The number of hydrogen-bond donors (Lipinski definition) is 0. The molecule has 120 valence electrons. The van der Waals surface area contributed by atoms with Crippen LogP contribution in [0.4, 0.5) is 0 Å². The van der Waals surface area contributed by atoms with Crippen molar-refractivity contribution in [2.24, 2.45) is 0 Å². The number of fused-ring (bicyclic) bond motifs is 7. The van der Waals surface area contributed by atoms with E-state index in [2.05, 4.69) is 84.4 Å². The third-order valence-corrected chi connectivity index (χ3v) is 4.41. The molecule has 0 saturated heterocycles. The summed E-state index contributed by atoms with van der Waals surface area (Å²) in [5.41, 5.74) is 2.14. The van der Waals surface area contributed by atoms with E-state index in [9.17, 15) is 0 Å². The zero-order valence-electron chi connectivity index (χ0n) is 13.3. The van der Waals surface area contributed by atoms with Crippen LogP contribution in [0, 0.1) is 0 Å². The maximum absolute atomic E-state index is 8.57. The van der Waals surface area contributed by atoms with E-state index in [1.807, 2.05) is 6.07 Å². The Morgan fingerprint density at radius 2 is 1.16 bits per heavy atom. The molecule has 4 aromatic carbocycles. The lowest BCUT2D eigenvalue weighted by molar-refractivity contribution is 0.569. The molecule has 0 saturated carbocycles. The van der Waals surface area contributed by atoms with Crippen molar-refractivity contribution in [1.29, 1.82) is 0 Å². The molecule has 0 fully saturated rings. The molecule has 2 nitrogen and oxygen atoms in total. The van der Waals surface area contributed by atoms with E-state index in [1.54, 1.807) is 0 Å². The first kappa shape index (κ1) is 15.6. The van der Waals surface area contributed by atoms with Crippen LogP contribution in [0.15, 0.2) is 78.9 Å². The first-order valence-corrected chi connectivity index (χ1v) is 8.40. The third-order valence-electron chi connectivity index (χ3n) is 4.41. The number of benzene rings is 4. The Morgan fingerprint density at radius 1 is 0.680 bits per heavy atom. The Bertz CT molecular complexity index is 1140. The second-order valence-corrected chi connectivity index (χ2v) is 5.94. The van der Waals surface area contributed by atoms with Gasteiger partial charge in [-0.05, 0) is 39.9 Å². The van der Waals surface area contributed by atoms with Gasteiger partial charge in [-0.15, -0.1) is 0 Å². The number of halogens is 1. The normalized spacial score (nSPS) is 10.8. The summed E-state index contributed by atoms with van der Waals surface area (Å²) >= 11 is 4.32. The number of pyridine rings is 1. The summed E-state index contributed by atoms with van der Waals surface area (Å²) in [4.78, 5) is 13.5. The molecule has 0 amide bonds. The Labute approximate surface area is 149 Å². The van der Waals surface area contributed by atoms with Crippen LogP contribution >= 0.6 is 11.6 Å². The number of carbonyl (C=O) groups excluding carboxylic acids is 1. The summed E-state index contributed by atoms with van der Waals surface area (Å²) in [6.07, 6.45) is 0. The topological polar surface area (TPSA) is 30.0 Å². The maximum atomic E-state index is 8.57. The monoisotopic (exact) mass is 343 g/mol. The molecule has 1 heterocycles. The van der Waals surface area contributed by atoms with E-state index in [0.717, 1.165) is 11.0 Å². The molecule has 0 spiro atoms. The Hall–Kier alpha value is -2.97. The highest BCUT2D eigenvalue weighted by Crippen LogP contribution is 2.35. The van der Waals surface area contributed by atoms with Crippen molar-refractivity contribution < 1.29 is 4.79 Å². The van der Waals surface area contributed by atoms with Gasteiger partial charge in [0.1, 0.15) is 0 Å². The molecule has 0 aliphatic heterocycles. The smallest absolute Gasteiger partial charge is 0.208 e. The highest BCUT2D eigenvalue weighted by Gasteiger charge is 2.09. The summed E-state index contributed by atoms with van der Waals surface area (Å²) in [5, 5.41) is 7.48. The second kappa shape index (κ2) is 6.50. The minimum absolute atomic E-state index is 0.222. The zero-order valence-corrected chi connectivity index (χ0v) is 14.1. The lowest BCUT2D eigenvalue weighted by Crippen LogP contribution is -1.87. The van der Waals surface area contributed by atoms with E-state index >= 15 is 0 Å². The fraction of sp³-hybridized carbons (Fsp3) is 0. The van der Waals surface area contributed by atoms with Crippen molar-refractivity contribution in [2.75, 3.05) is 0 Å². The summed E-state index contributed by atoms with van der Waals surface area (Å²) < 4.78 is 0. The van der Waals surface area contributed by atoms with Gasteiger partial charge >= 0.3 is 0 Å². The van der Waals surface area contributed by atoms with Gasteiger partial charge in [0.25, 0.3) is 0 Å². The predicted octanol–water partition coefficient (Wildman–Crippen LogP) is 6.11. The summed E-state index contributed by atoms with van der Waals surface area (Å²) in [6.45, 7) is 0. The van der Waals surface area contributed by atoms with Crippen LogP contribution in [0.3, 0.4) is 0 Å². The molecule has 0 bridgehead atoms. The van der Waals surface area contributed by atoms with E-state index in [0.29, 0.717) is 0 Å². The van der Waals surface area contributed by atoms with E-state index in [4.69, 9.17) is 9.78 Å². The molecule has 0 radical (unpaired) electrons. The minimum atomic E-state index is 0.222. The molecule has 0 aliphatic rings. The maximum Gasteiger partial charge on any atom is 0.208 e. The van der Waals surface area contributed by atoms with Crippen LogP contribution in [0.1, 0.15) is 0 Å². The SMILES string of the molecule is O=CCl.c1ccc2nc3c4ccccc4c4ccccc4c3cc2c1. The van der Waals surface area contributed by atoms with E-state index in [-0.39, 0.29) is 5.75 Å². The summed E-state index contributed by atoms with van der Waals surface area (Å²) in [6, 6.07) is 27.8. The van der Waals surface area contributed by atoms with Crippen molar-refractivity contribution in [3.05, 3.63) is 78.9 Å². The van der Waals surface area contributed by atoms with Crippen molar-refractivity contribution in [1.82, 2.24) is 4.98 Å². The van der Waals surface area contributed by atoms with Gasteiger partial charge in [-0.3, -0.25) is 4.79 Å². The van der Waals surface area contributed by atoms with Crippen LogP contribution in [0.2, 0.25) is 0 Å². The fourth-order valence-corrected chi connectivity index (χ4v) is 3.40. The van der Waals surface area contributed by atoms with Crippen LogP contribution in [-0.4, -0.2) is 10.7 Å². The van der Waals surface area contributed by atoms with Crippen LogP contribution in [0.5, 0.6) is 0 Å². The van der Waals surface area contributed by atoms with Gasteiger partial charge in [-0.25, -0.2) is 4.98 Å². The fourth-order valence-electron chi connectivity index (χ4n) is 3.40. The molecule has 25 heavy (non-hydrogen) atoms. The van der Waals surface area contributed by atoms with Crippen molar-refractivity contribution >= 4 is 60.7 Å². The minimum Gasteiger partial charge on any atom is -0.285 e. The Morgan fingerprint density at radius 3 is 1.84 bits per heavy atom. The third kappa shape index (κ3) is 2.61. The molecule has 0 atom stereocenters.